The van der Waals surface area contributed by atoms with Crippen molar-refractivity contribution in [2.45, 2.75) is 13.8 Å². The zero-order valence-electron chi connectivity index (χ0n) is 18.7. The zero-order valence-corrected chi connectivity index (χ0v) is 19.5. The lowest BCUT2D eigenvalue weighted by Gasteiger charge is -2.17. The van der Waals surface area contributed by atoms with Crippen molar-refractivity contribution in [3.05, 3.63) is 88.1 Å². The molecule has 0 fully saturated rings. The fourth-order valence-corrected chi connectivity index (χ4v) is 3.91. The number of halogens is 1. The van der Waals surface area contributed by atoms with Crippen LogP contribution in [0.2, 0.25) is 5.02 Å². The molecule has 168 valence electrons. The number of carbonyl (C=O) groups excluding carboxylic acids is 2. The minimum Gasteiger partial charge on any atom is -0.497 e. The van der Waals surface area contributed by atoms with Crippen molar-refractivity contribution in [2.24, 2.45) is 0 Å². The maximum Gasteiger partial charge on any atom is 0.282 e. The lowest BCUT2D eigenvalue weighted by molar-refractivity contribution is -0.120. The van der Waals surface area contributed by atoms with E-state index in [0.29, 0.717) is 33.5 Å². The summed E-state index contributed by atoms with van der Waals surface area (Å²) in [6.07, 6.45) is 0. The summed E-state index contributed by atoms with van der Waals surface area (Å²) in [6.45, 7) is 3.96. The molecule has 1 aliphatic rings. The molecule has 0 saturated heterocycles. The van der Waals surface area contributed by atoms with Crippen molar-refractivity contribution in [3.63, 3.8) is 0 Å². The summed E-state index contributed by atoms with van der Waals surface area (Å²) in [4.78, 5) is 28.3. The zero-order chi connectivity index (χ0) is 23.7. The van der Waals surface area contributed by atoms with Gasteiger partial charge in [-0.15, -0.1) is 0 Å². The summed E-state index contributed by atoms with van der Waals surface area (Å²) in [5.74, 6) is 0.145. The van der Waals surface area contributed by atoms with Gasteiger partial charge in [-0.2, -0.15) is 0 Å². The molecule has 0 aromatic heterocycles. The average molecular weight is 463 g/mol. The molecule has 0 unspecified atom stereocenters. The van der Waals surface area contributed by atoms with Crippen LogP contribution in [0.1, 0.15) is 16.7 Å². The Bertz CT molecular complexity index is 1280. The molecule has 2 amide bonds. The predicted octanol–water partition coefficient (Wildman–Crippen LogP) is 5.37. The summed E-state index contributed by atoms with van der Waals surface area (Å²) >= 11 is 6.34. The molecule has 0 atom stereocenters. The van der Waals surface area contributed by atoms with Gasteiger partial charge in [0, 0.05) is 23.9 Å². The number of rotatable bonds is 6. The fourth-order valence-electron chi connectivity index (χ4n) is 3.69. The predicted molar refractivity (Wildman–Crippen MR) is 130 cm³/mol. The minimum absolute atomic E-state index is 0.151. The number of hydrogen-bond acceptors (Lipinski definition) is 5. The number of methoxy groups -OCH3 is 2. The summed E-state index contributed by atoms with van der Waals surface area (Å²) in [6, 6.07) is 17.6. The fraction of sp³-hybridized carbons (Fsp3) is 0.154. The Balaban J connectivity index is 1.87. The third kappa shape index (κ3) is 4.17. The van der Waals surface area contributed by atoms with Crippen LogP contribution in [0.25, 0.3) is 5.57 Å². The number of aryl methyl sites for hydroxylation is 2. The van der Waals surface area contributed by atoms with Gasteiger partial charge in [0.05, 0.1) is 30.5 Å². The van der Waals surface area contributed by atoms with Gasteiger partial charge in [-0.3, -0.25) is 9.59 Å². The van der Waals surface area contributed by atoms with Crippen LogP contribution in [0, 0.1) is 13.8 Å². The van der Waals surface area contributed by atoms with E-state index in [2.05, 4.69) is 5.32 Å². The van der Waals surface area contributed by atoms with Crippen molar-refractivity contribution >= 4 is 40.4 Å². The molecule has 3 aromatic rings. The van der Waals surface area contributed by atoms with Gasteiger partial charge in [-0.1, -0.05) is 41.9 Å². The first-order chi connectivity index (χ1) is 15.8. The highest BCUT2D eigenvalue weighted by Crippen LogP contribution is 2.38. The quantitative estimate of drug-likeness (QED) is 0.499. The number of nitrogens with zero attached hydrogens (tertiary/aromatic N) is 1. The Hall–Kier alpha value is -3.77. The Labute approximate surface area is 197 Å². The van der Waals surface area contributed by atoms with E-state index in [1.165, 1.54) is 0 Å². The first-order valence-corrected chi connectivity index (χ1v) is 10.7. The van der Waals surface area contributed by atoms with E-state index in [1.807, 2.05) is 32.0 Å². The molecule has 4 rings (SSSR count). The topological polar surface area (TPSA) is 67.9 Å². The lowest BCUT2D eigenvalue weighted by Crippen LogP contribution is -2.32. The molecule has 0 aliphatic carbocycles. The number of hydrogen-bond donors (Lipinski definition) is 1. The normalized spacial score (nSPS) is 13.5. The van der Waals surface area contributed by atoms with Gasteiger partial charge < -0.3 is 14.8 Å². The monoisotopic (exact) mass is 462 g/mol. The summed E-state index contributed by atoms with van der Waals surface area (Å²) in [7, 11) is 3.09. The number of para-hydroxylation sites is 1. The number of nitrogens with one attached hydrogen (secondary N) is 1. The van der Waals surface area contributed by atoms with Crippen LogP contribution >= 0.6 is 11.6 Å². The average Bonchev–Trinajstić information content (AvgIpc) is 3.05. The summed E-state index contributed by atoms with van der Waals surface area (Å²) in [5.41, 5.74) is 4.04. The van der Waals surface area contributed by atoms with Gasteiger partial charge in [0.1, 0.15) is 17.2 Å². The molecule has 0 radical (unpaired) electrons. The Morgan fingerprint density at radius 2 is 1.48 bits per heavy atom. The molecule has 7 heteroatoms. The van der Waals surface area contributed by atoms with Crippen LogP contribution in [0.3, 0.4) is 0 Å². The second-order valence-electron chi connectivity index (χ2n) is 7.67. The van der Waals surface area contributed by atoms with E-state index in [9.17, 15) is 9.59 Å². The van der Waals surface area contributed by atoms with Crippen molar-refractivity contribution in [3.8, 4) is 11.5 Å². The van der Waals surface area contributed by atoms with Gasteiger partial charge in [-0.25, -0.2) is 4.90 Å². The Morgan fingerprint density at radius 3 is 2.09 bits per heavy atom. The molecular weight excluding hydrogens is 440 g/mol. The molecule has 33 heavy (non-hydrogen) atoms. The number of imide groups is 1. The van der Waals surface area contributed by atoms with E-state index in [-0.39, 0.29) is 11.3 Å². The highest BCUT2D eigenvalue weighted by molar-refractivity contribution is 6.48. The number of benzene rings is 3. The molecule has 1 aliphatic heterocycles. The van der Waals surface area contributed by atoms with Crippen LogP contribution in [0.4, 0.5) is 11.4 Å². The van der Waals surface area contributed by atoms with Crippen molar-refractivity contribution in [1.29, 1.82) is 0 Å². The Morgan fingerprint density at radius 1 is 0.818 bits per heavy atom. The number of amides is 2. The van der Waals surface area contributed by atoms with Crippen LogP contribution in [0.15, 0.2) is 66.4 Å². The van der Waals surface area contributed by atoms with Crippen LogP contribution < -0.4 is 19.7 Å². The van der Waals surface area contributed by atoms with Crippen molar-refractivity contribution < 1.29 is 19.1 Å². The standard InChI is InChI=1S/C26H23ClN2O4/c1-15-9-10-17(11-16(15)2)23-24(28-18-12-19(32-3)14-20(13-18)33-4)26(31)29(25(23)30)22-8-6-5-7-21(22)27/h5-14,28H,1-4H3. The van der Waals surface area contributed by atoms with Gasteiger partial charge in [0.15, 0.2) is 0 Å². The van der Waals surface area contributed by atoms with Gasteiger partial charge in [0.2, 0.25) is 0 Å². The molecule has 0 bridgehead atoms. The lowest BCUT2D eigenvalue weighted by atomic mass is 9.99. The minimum atomic E-state index is -0.497. The molecule has 3 aromatic carbocycles. The molecule has 1 N–H and O–H groups in total. The molecule has 0 spiro atoms. The highest BCUT2D eigenvalue weighted by atomic mass is 35.5. The van der Waals surface area contributed by atoms with E-state index < -0.39 is 11.8 Å². The van der Waals surface area contributed by atoms with Gasteiger partial charge in [-0.05, 0) is 42.7 Å². The van der Waals surface area contributed by atoms with E-state index in [0.717, 1.165) is 16.0 Å². The largest absolute Gasteiger partial charge is 0.497 e. The summed E-state index contributed by atoms with van der Waals surface area (Å²) in [5, 5.41) is 3.45. The smallest absolute Gasteiger partial charge is 0.282 e. The number of ether oxygens (including phenoxy) is 2. The second kappa shape index (κ2) is 9.00. The van der Waals surface area contributed by atoms with Crippen LogP contribution in [-0.4, -0.2) is 26.0 Å². The first kappa shape index (κ1) is 22.4. The Kier molecular flexibility index (Phi) is 6.11. The van der Waals surface area contributed by atoms with Gasteiger partial charge in [0.25, 0.3) is 11.8 Å². The number of carbonyl (C=O) groups is 2. The third-order valence-electron chi connectivity index (χ3n) is 5.59. The molecule has 0 saturated carbocycles. The molecule has 1 heterocycles. The van der Waals surface area contributed by atoms with E-state index in [1.54, 1.807) is 56.7 Å². The second-order valence-corrected chi connectivity index (χ2v) is 8.08. The van der Waals surface area contributed by atoms with E-state index >= 15 is 0 Å². The first-order valence-electron chi connectivity index (χ1n) is 10.3. The third-order valence-corrected chi connectivity index (χ3v) is 5.91. The molecular formula is C26H23ClN2O4. The molecule has 6 nitrogen and oxygen atoms in total. The summed E-state index contributed by atoms with van der Waals surface area (Å²) < 4.78 is 10.7. The van der Waals surface area contributed by atoms with Crippen molar-refractivity contribution in [2.75, 3.05) is 24.4 Å². The van der Waals surface area contributed by atoms with Gasteiger partial charge >= 0.3 is 0 Å². The van der Waals surface area contributed by atoms with Crippen LogP contribution in [0.5, 0.6) is 11.5 Å². The maximum atomic E-state index is 13.6. The SMILES string of the molecule is COc1cc(NC2=C(c3ccc(C)c(C)c3)C(=O)N(c3ccccc3Cl)C2=O)cc(OC)c1. The maximum absolute atomic E-state index is 13.6. The van der Waals surface area contributed by atoms with Crippen LogP contribution in [-0.2, 0) is 9.59 Å². The van der Waals surface area contributed by atoms with E-state index in [4.69, 9.17) is 21.1 Å². The number of anilines is 2. The van der Waals surface area contributed by atoms with Crippen molar-refractivity contribution in [1.82, 2.24) is 0 Å². The highest BCUT2D eigenvalue weighted by Gasteiger charge is 2.41.